The fourth-order valence-electron chi connectivity index (χ4n) is 1.96. The predicted molar refractivity (Wildman–Crippen MR) is 95.4 cm³/mol. The van der Waals surface area contributed by atoms with Gasteiger partial charge in [0.25, 0.3) is 5.91 Å². The van der Waals surface area contributed by atoms with E-state index in [0.717, 1.165) is 5.01 Å². The molecule has 0 unspecified atom stereocenters. The molecule has 0 radical (unpaired) electrons. The number of amides is 1. The number of rotatable bonds is 5. The topological polar surface area (TPSA) is 62.1 Å². The molecule has 0 aliphatic rings. The Balaban J connectivity index is 2.30. The summed E-state index contributed by atoms with van der Waals surface area (Å²) in [5.41, 5.74) is 0.675. The summed E-state index contributed by atoms with van der Waals surface area (Å²) in [4.78, 5) is 12.2. The summed E-state index contributed by atoms with van der Waals surface area (Å²) in [5.74, 6) is -0.282. The SMILES string of the molecule is CCOc1cc(Cl)c(Cl)c(C=NN(C)C(=O)c2ccccc2)c1O. The van der Waals surface area contributed by atoms with E-state index in [1.165, 1.54) is 19.3 Å². The van der Waals surface area contributed by atoms with Gasteiger partial charge in [0.05, 0.1) is 28.4 Å². The van der Waals surface area contributed by atoms with E-state index >= 15 is 0 Å². The molecule has 24 heavy (non-hydrogen) atoms. The van der Waals surface area contributed by atoms with Gasteiger partial charge < -0.3 is 9.84 Å². The smallest absolute Gasteiger partial charge is 0.273 e. The highest BCUT2D eigenvalue weighted by molar-refractivity contribution is 6.43. The average molecular weight is 367 g/mol. The highest BCUT2D eigenvalue weighted by Crippen LogP contribution is 2.39. The van der Waals surface area contributed by atoms with E-state index in [1.807, 2.05) is 6.07 Å². The van der Waals surface area contributed by atoms with Crippen LogP contribution in [0.15, 0.2) is 41.5 Å². The van der Waals surface area contributed by atoms with Crippen LogP contribution >= 0.6 is 23.2 Å². The number of aromatic hydroxyl groups is 1. The molecule has 2 aromatic rings. The number of halogens is 2. The Bertz CT molecular complexity index is 764. The summed E-state index contributed by atoms with van der Waals surface area (Å²) in [6, 6.07) is 10.1. The fourth-order valence-corrected chi connectivity index (χ4v) is 2.35. The Kier molecular flexibility index (Phi) is 6.06. The van der Waals surface area contributed by atoms with Crippen LogP contribution in [0.4, 0.5) is 0 Å². The molecular weight excluding hydrogens is 351 g/mol. The molecule has 0 aliphatic carbocycles. The Labute approximate surface area is 150 Å². The van der Waals surface area contributed by atoms with E-state index in [4.69, 9.17) is 27.9 Å². The lowest BCUT2D eigenvalue weighted by Crippen LogP contribution is -2.21. The van der Waals surface area contributed by atoms with Crippen molar-refractivity contribution in [3.05, 3.63) is 57.6 Å². The molecule has 5 nitrogen and oxygen atoms in total. The molecule has 0 bridgehead atoms. The van der Waals surface area contributed by atoms with E-state index in [0.29, 0.717) is 12.2 Å². The second kappa shape index (κ2) is 8.04. The number of nitrogens with zero attached hydrogens (tertiary/aromatic N) is 2. The monoisotopic (exact) mass is 366 g/mol. The molecule has 2 rings (SSSR count). The Morgan fingerprint density at radius 3 is 2.62 bits per heavy atom. The van der Waals surface area contributed by atoms with Crippen LogP contribution in [-0.2, 0) is 0 Å². The summed E-state index contributed by atoms with van der Waals surface area (Å²) in [6.45, 7) is 2.14. The molecule has 2 aromatic carbocycles. The lowest BCUT2D eigenvalue weighted by Gasteiger charge is -2.13. The number of hydrazone groups is 1. The number of hydrogen-bond donors (Lipinski definition) is 1. The molecule has 1 amide bonds. The van der Waals surface area contributed by atoms with Crippen LogP contribution in [0, 0.1) is 0 Å². The lowest BCUT2D eigenvalue weighted by atomic mass is 10.2. The van der Waals surface area contributed by atoms with Crippen molar-refractivity contribution in [2.75, 3.05) is 13.7 Å². The first-order chi connectivity index (χ1) is 11.5. The first kappa shape index (κ1) is 18.1. The quantitative estimate of drug-likeness (QED) is 0.636. The van der Waals surface area contributed by atoms with Gasteiger partial charge in [-0.15, -0.1) is 0 Å². The van der Waals surface area contributed by atoms with Gasteiger partial charge in [-0.1, -0.05) is 41.4 Å². The summed E-state index contributed by atoms with van der Waals surface area (Å²) in [7, 11) is 1.50. The van der Waals surface area contributed by atoms with Gasteiger partial charge in [0.2, 0.25) is 0 Å². The van der Waals surface area contributed by atoms with E-state index in [-0.39, 0.29) is 33.0 Å². The zero-order valence-electron chi connectivity index (χ0n) is 13.2. The maximum Gasteiger partial charge on any atom is 0.273 e. The number of ether oxygens (including phenoxy) is 1. The second-order valence-electron chi connectivity index (χ2n) is 4.81. The summed E-state index contributed by atoms with van der Waals surface area (Å²) < 4.78 is 5.30. The minimum atomic E-state index is -0.297. The molecule has 0 aromatic heterocycles. The number of benzene rings is 2. The Hall–Kier alpha value is -2.24. The van der Waals surface area contributed by atoms with Crippen molar-refractivity contribution in [2.45, 2.75) is 6.92 Å². The number of phenols is 1. The van der Waals surface area contributed by atoms with Gasteiger partial charge in [0, 0.05) is 18.7 Å². The maximum atomic E-state index is 12.2. The van der Waals surface area contributed by atoms with Gasteiger partial charge >= 0.3 is 0 Å². The first-order valence-electron chi connectivity index (χ1n) is 7.16. The Morgan fingerprint density at radius 1 is 1.33 bits per heavy atom. The molecule has 0 spiro atoms. The van der Waals surface area contributed by atoms with Crippen LogP contribution in [0.1, 0.15) is 22.8 Å². The maximum absolute atomic E-state index is 12.2. The first-order valence-corrected chi connectivity index (χ1v) is 7.92. The van der Waals surface area contributed by atoms with Crippen LogP contribution in [0.2, 0.25) is 10.0 Å². The van der Waals surface area contributed by atoms with Crippen LogP contribution < -0.4 is 4.74 Å². The zero-order valence-corrected chi connectivity index (χ0v) is 14.7. The molecule has 0 saturated heterocycles. The molecule has 0 saturated carbocycles. The highest BCUT2D eigenvalue weighted by Gasteiger charge is 2.16. The van der Waals surface area contributed by atoms with Crippen LogP contribution in [0.3, 0.4) is 0 Å². The summed E-state index contributed by atoms with van der Waals surface area (Å²) in [5, 5.41) is 15.8. The third-order valence-electron chi connectivity index (χ3n) is 3.17. The largest absolute Gasteiger partial charge is 0.504 e. The van der Waals surface area contributed by atoms with Gasteiger partial charge in [0.1, 0.15) is 0 Å². The summed E-state index contributed by atoms with van der Waals surface area (Å²) in [6.07, 6.45) is 1.27. The van der Waals surface area contributed by atoms with Crippen molar-refractivity contribution in [1.82, 2.24) is 5.01 Å². The van der Waals surface area contributed by atoms with Crippen molar-refractivity contribution >= 4 is 35.3 Å². The molecule has 7 heteroatoms. The van der Waals surface area contributed by atoms with Crippen molar-refractivity contribution in [3.8, 4) is 11.5 Å². The average Bonchev–Trinajstić information content (AvgIpc) is 2.59. The summed E-state index contributed by atoms with van der Waals surface area (Å²) >= 11 is 12.1. The van der Waals surface area contributed by atoms with Crippen molar-refractivity contribution in [1.29, 1.82) is 0 Å². The Morgan fingerprint density at radius 2 is 2.00 bits per heavy atom. The molecule has 0 atom stereocenters. The van der Waals surface area contributed by atoms with Crippen LogP contribution in [0.5, 0.6) is 11.5 Å². The van der Waals surface area contributed by atoms with Crippen molar-refractivity contribution < 1.29 is 14.6 Å². The molecule has 0 heterocycles. The van der Waals surface area contributed by atoms with Gasteiger partial charge in [-0.05, 0) is 19.1 Å². The highest BCUT2D eigenvalue weighted by atomic mass is 35.5. The minimum Gasteiger partial charge on any atom is -0.504 e. The van der Waals surface area contributed by atoms with Gasteiger partial charge in [-0.3, -0.25) is 4.79 Å². The lowest BCUT2D eigenvalue weighted by molar-refractivity contribution is 0.0800. The third kappa shape index (κ3) is 3.99. The van der Waals surface area contributed by atoms with Crippen LogP contribution in [0.25, 0.3) is 0 Å². The number of carbonyl (C=O) groups is 1. The van der Waals surface area contributed by atoms with Crippen molar-refractivity contribution in [3.63, 3.8) is 0 Å². The van der Waals surface area contributed by atoms with Crippen LogP contribution in [-0.4, -0.2) is 35.9 Å². The number of phenolic OH excluding ortho intramolecular Hbond substituents is 1. The molecule has 0 fully saturated rings. The molecular formula is C17H16Cl2N2O3. The zero-order chi connectivity index (χ0) is 17.7. The van der Waals surface area contributed by atoms with E-state index in [1.54, 1.807) is 31.2 Å². The molecule has 126 valence electrons. The number of hydrogen-bond acceptors (Lipinski definition) is 4. The van der Waals surface area contributed by atoms with Crippen molar-refractivity contribution in [2.24, 2.45) is 5.10 Å². The second-order valence-corrected chi connectivity index (χ2v) is 5.59. The molecule has 1 N–H and O–H groups in total. The van der Waals surface area contributed by atoms with Gasteiger partial charge in [0.15, 0.2) is 11.5 Å². The van der Waals surface area contributed by atoms with E-state index < -0.39 is 0 Å². The molecule has 0 aliphatic heterocycles. The van der Waals surface area contributed by atoms with Gasteiger partial charge in [-0.2, -0.15) is 5.10 Å². The van der Waals surface area contributed by atoms with Gasteiger partial charge in [-0.25, -0.2) is 5.01 Å². The standard InChI is InChI=1S/C17H16Cl2N2O3/c1-3-24-14-9-13(18)15(19)12(16(14)22)10-20-21(2)17(23)11-7-5-4-6-8-11/h4-10,22H,3H2,1-2H3. The van der Waals surface area contributed by atoms with E-state index in [2.05, 4.69) is 5.10 Å². The predicted octanol–water partition coefficient (Wildman–Crippen LogP) is 4.20. The normalized spacial score (nSPS) is 10.8. The van der Waals surface area contributed by atoms with E-state index in [9.17, 15) is 9.90 Å². The minimum absolute atomic E-state index is 0.127. The number of carbonyl (C=O) groups excluding carboxylic acids is 1. The fraction of sp³-hybridized carbons (Fsp3) is 0.176. The third-order valence-corrected chi connectivity index (χ3v) is 3.97.